The summed E-state index contributed by atoms with van der Waals surface area (Å²) in [4.78, 5) is 27.1. The number of carbonyl (C=O) groups excluding carboxylic acids is 1. The van der Waals surface area contributed by atoms with Gasteiger partial charge in [-0.3, -0.25) is 19.8 Å². The van der Waals surface area contributed by atoms with Crippen LogP contribution in [0.3, 0.4) is 0 Å². The standard InChI is InChI=1S/C10H12N4O3/c1-6-2-9(12-4-8(6)14(16)17)13-5-7(11)3-10(13)15/h2,4,7H,3,5,11H2,1H3. The fourth-order valence-corrected chi connectivity index (χ4v) is 1.83. The molecule has 0 spiro atoms. The zero-order valence-corrected chi connectivity index (χ0v) is 9.29. The molecule has 0 aliphatic carbocycles. The molecule has 0 saturated carbocycles. The van der Waals surface area contributed by atoms with Crippen molar-refractivity contribution in [2.24, 2.45) is 5.73 Å². The lowest BCUT2D eigenvalue weighted by atomic mass is 10.2. The molecule has 0 radical (unpaired) electrons. The summed E-state index contributed by atoms with van der Waals surface area (Å²) in [5.41, 5.74) is 6.10. The molecule has 1 atom stereocenters. The minimum absolute atomic E-state index is 0.0512. The summed E-state index contributed by atoms with van der Waals surface area (Å²) in [5, 5.41) is 10.6. The van der Waals surface area contributed by atoms with Gasteiger partial charge in [0.05, 0.1) is 4.92 Å². The third-order valence-electron chi connectivity index (χ3n) is 2.70. The Bertz CT molecular complexity index is 488. The van der Waals surface area contributed by atoms with E-state index >= 15 is 0 Å². The molecule has 2 rings (SSSR count). The van der Waals surface area contributed by atoms with E-state index in [4.69, 9.17) is 5.73 Å². The third kappa shape index (κ3) is 2.09. The zero-order chi connectivity index (χ0) is 12.6. The molecule has 1 aliphatic heterocycles. The van der Waals surface area contributed by atoms with Crippen molar-refractivity contribution >= 4 is 17.4 Å². The van der Waals surface area contributed by atoms with Gasteiger partial charge in [0.1, 0.15) is 12.0 Å². The number of nitrogens with two attached hydrogens (primary N) is 1. The van der Waals surface area contributed by atoms with Gasteiger partial charge in [-0.2, -0.15) is 0 Å². The topological polar surface area (TPSA) is 102 Å². The molecule has 1 saturated heterocycles. The number of aryl methyl sites for hydroxylation is 1. The molecule has 2 heterocycles. The van der Waals surface area contributed by atoms with E-state index < -0.39 is 4.92 Å². The second kappa shape index (κ2) is 4.10. The minimum Gasteiger partial charge on any atom is -0.326 e. The predicted octanol–water partition coefficient (Wildman–Crippen LogP) is 0.362. The molecule has 1 fully saturated rings. The molecule has 1 amide bonds. The number of pyridine rings is 1. The number of carbonyl (C=O) groups is 1. The van der Waals surface area contributed by atoms with Crippen molar-refractivity contribution in [3.63, 3.8) is 0 Å². The normalized spacial score (nSPS) is 19.8. The number of anilines is 1. The Morgan fingerprint density at radius 2 is 2.35 bits per heavy atom. The molecule has 2 N–H and O–H groups in total. The summed E-state index contributed by atoms with van der Waals surface area (Å²) in [6, 6.07) is 1.34. The van der Waals surface area contributed by atoms with Crippen LogP contribution in [-0.4, -0.2) is 28.4 Å². The Balaban J connectivity index is 2.32. The summed E-state index contributed by atoms with van der Waals surface area (Å²) in [7, 11) is 0. The maximum Gasteiger partial charge on any atom is 0.290 e. The number of rotatable bonds is 2. The van der Waals surface area contributed by atoms with Crippen LogP contribution in [0.2, 0.25) is 0 Å². The first kappa shape index (κ1) is 11.5. The highest BCUT2D eigenvalue weighted by Gasteiger charge is 2.29. The Hall–Kier alpha value is -2.02. The average molecular weight is 236 g/mol. The van der Waals surface area contributed by atoms with Crippen LogP contribution in [0.25, 0.3) is 0 Å². The van der Waals surface area contributed by atoms with Crippen molar-refractivity contribution in [3.8, 4) is 0 Å². The average Bonchev–Trinajstić information content (AvgIpc) is 2.57. The third-order valence-corrected chi connectivity index (χ3v) is 2.70. The van der Waals surface area contributed by atoms with E-state index in [1.165, 1.54) is 17.2 Å². The quantitative estimate of drug-likeness (QED) is 0.590. The summed E-state index contributed by atoms with van der Waals surface area (Å²) in [6.07, 6.45) is 1.46. The van der Waals surface area contributed by atoms with Crippen molar-refractivity contribution < 1.29 is 9.72 Å². The molecule has 1 aromatic heterocycles. The summed E-state index contributed by atoms with van der Waals surface area (Å²) < 4.78 is 0. The number of aromatic nitrogens is 1. The van der Waals surface area contributed by atoms with Gasteiger partial charge in [-0.1, -0.05) is 0 Å². The van der Waals surface area contributed by atoms with Gasteiger partial charge < -0.3 is 5.73 Å². The largest absolute Gasteiger partial charge is 0.326 e. The second-order valence-electron chi connectivity index (χ2n) is 4.05. The number of amides is 1. The van der Waals surface area contributed by atoms with Gasteiger partial charge >= 0.3 is 0 Å². The highest BCUT2D eigenvalue weighted by molar-refractivity contribution is 5.95. The van der Waals surface area contributed by atoms with Crippen molar-refractivity contribution in [3.05, 3.63) is 27.9 Å². The molecule has 1 unspecified atom stereocenters. The van der Waals surface area contributed by atoms with Crippen molar-refractivity contribution in [1.82, 2.24) is 4.98 Å². The Morgan fingerprint density at radius 1 is 1.65 bits per heavy atom. The molecule has 0 aromatic carbocycles. The van der Waals surface area contributed by atoms with Crippen LogP contribution in [0.4, 0.5) is 11.5 Å². The van der Waals surface area contributed by atoms with E-state index in [9.17, 15) is 14.9 Å². The van der Waals surface area contributed by atoms with E-state index in [1.807, 2.05) is 0 Å². The SMILES string of the molecule is Cc1cc(N2CC(N)CC2=O)ncc1[N+](=O)[O-]. The van der Waals surface area contributed by atoms with E-state index in [-0.39, 0.29) is 24.1 Å². The van der Waals surface area contributed by atoms with Crippen LogP contribution in [0, 0.1) is 17.0 Å². The predicted molar refractivity (Wildman–Crippen MR) is 60.6 cm³/mol. The molecule has 1 aromatic rings. The molecule has 7 nitrogen and oxygen atoms in total. The van der Waals surface area contributed by atoms with Crippen LogP contribution in [0.5, 0.6) is 0 Å². The van der Waals surface area contributed by atoms with Gasteiger partial charge in [-0.05, 0) is 13.0 Å². The number of nitro groups is 1. The highest BCUT2D eigenvalue weighted by atomic mass is 16.6. The Morgan fingerprint density at radius 3 is 2.82 bits per heavy atom. The molecule has 17 heavy (non-hydrogen) atoms. The van der Waals surface area contributed by atoms with Crippen LogP contribution < -0.4 is 10.6 Å². The highest BCUT2D eigenvalue weighted by Crippen LogP contribution is 2.24. The maximum absolute atomic E-state index is 11.6. The van der Waals surface area contributed by atoms with Gasteiger partial charge in [0.2, 0.25) is 5.91 Å². The van der Waals surface area contributed by atoms with Crippen LogP contribution in [0.15, 0.2) is 12.3 Å². The second-order valence-corrected chi connectivity index (χ2v) is 4.05. The lowest BCUT2D eigenvalue weighted by Gasteiger charge is -2.14. The molecule has 0 bridgehead atoms. The molecule has 1 aliphatic rings. The molecular formula is C10H12N4O3. The van der Waals surface area contributed by atoms with E-state index in [0.29, 0.717) is 17.9 Å². The fraction of sp³-hybridized carbons (Fsp3) is 0.400. The smallest absolute Gasteiger partial charge is 0.290 e. The van der Waals surface area contributed by atoms with Gasteiger partial charge in [-0.25, -0.2) is 4.98 Å². The van der Waals surface area contributed by atoms with Crippen molar-refractivity contribution in [2.45, 2.75) is 19.4 Å². The lowest BCUT2D eigenvalue weighted by molar-refractivity contribution is -0.385. The zero-order valence-electron chi connectivity index (χ0n) is 9.29. The summed E-state index contributed by atoms with van der Waals surface area (Å²) >= 11 is 0. The van der Waals surface area contributed by atoms with Crippen molar-refractivity contribution in [1.29, 1.82) is 0 Å². The number of nitrogens with zero attached hydrogens (tertiary/aromatic N) is 3. The van der Waals surface area contributed by atoms with Gasteiger partial charge in [0.15, 0.2) is 0 Å². The van der Waals surface area contributed by atoms with Gasteiger partial charge in [-0.15, -0.1) is 0 Å². The first-order valence-electron chi connectivity index (χ1n) is 5.16. The maximum atomic E-state index is 11.6. The Kier molecular flexibility index (Phi) is 2.76. The fourth-order valence-electron chi connectivity index (χ4n) is 1.83. The number of hydrogen-bond acceptors (Lipinski definition) is 5. The van der Waals surface area contributed by atoms with E-state index in [2.05, 4.69) is 4.98 Å². The summed E-state index contributed by atoms with van der Waals surface area (Å²) in [5.74, 6) is 0.323. The first-order chi connectivity index (χ1) is 7.99. The van der Waals surface area contributed by atoms with E-state index in [0.717, 1.165) is 0 Å². The number of hydrogen-bond donors (Lipinski definition) is 1. The lowest BCUT2D eigenvalue weighted by Crippen LogP contribution is -2.28. The van der Waals surface area contributed by atoms with Crippen LogP contribution in [0.1, 0.15) is 12.0 Å². The molecule has 90 valence electrons. The van der Waals surface area contributed by atoms with Gasteiger partial charge in [0, 0.05) is 24.6 Å². The van der Waals surface area contributed by atoms with Crippen LogP contribution in [-0.2, 0) is 4.79 Å². The Labute approximate surface area is 97.4 Å². The molecular weight excluding hydrogens is 224 g/mol. The van der Waals surface area contributed by atoms with Crippen LogP contribution >= 0.6 is 0 Å². The first-order valence-corrected chi connectivity index (χ1v) is 5.16. The summed E-state index contributed by atoms with van der Waals surface area (Å²) in [6.45, 7) is 2.02. The van der Waals surface area contributed by atoms with Crippen molar-refractivity contribution in [2.75, 3.05) is 11.4 Å². The molecule has 7 heteroatoms. The van der Waals surface area contributed by atoms with E-state index in [1.54, 1.807) is 6.92 Å². The minimum atomic E-state index is -0.496. The van der Waals surface area contributed by atoms with Gasteiger partial charge in [0.25, 0.3) is 5.69 Å². The monoisotopic (exact) mass is 236 g/mol.